The predicted molar refractivity (Wildman–Crippen MR) is 128 cm³/mol. The van der Waals surface area contributed by atoms with E-state index in [0.29, 0.717) is 12.8 Å². The molecule has 13 nitrogen and oxygen atoms in total. The number of ether oxygens (including phenoxy) is 6. The van der Waals surface area contributed by atoms with Crippen molar-refractivity contribution < 1.29 is 63.9 Å². The number of rotatable bonds is 12. The normalized spacial score (nSPS) is 34.1. The van der Waals surface area contributed by atoms with Gasteiger partial charge in [0.25, 0.3) is 0 Å². The van der Waals surface area contributed by atoms with E-state index in [1.165, 1.54) is 7.11 Å². The SMILES string of the molecule is CC[C@H](C)C(=O)OC[C@@]1(O)CO[C@@H](O[C@@H]2[C@H](Oc3ccc(CCO)cc3OC)O[C@@H](CO)[C@H](O)[C@@H]2O)[C@H]1O. The third kappa shape index (κ3) is 6.73. The lowest BCUT2D eigenvalue weighted by Crippen LogP contribution is -2.62. The number of carbonyl (C=O) groups is 1. The van der Waals surface area contributed by atoms with Crippen molar-refractivity contribution in [3.63, 3.8) is 0 Å². The van der Waals surface area contributed by atoms with Crippen LogP contribution in [0.1, 0.15) is 25.8 Å². The molecule has 216 valence electrons. The fourth-order valence-corrected chi connectivity index (χ4v) is 4.07. The van der Waals surface area contributed by atoms with Gasteiger partial charge in [0.05, 0.1) is 26.2 Å². The second-order valence-electron chi connectivity index (χ2n) is 9.53. The number of esters is 1. The molecule has 0 aliphatic carbocycles. The lowest BCUT2D eigenvalue weighted by atomic mass is 9.98. The maximum Gasteiger partial charge on any atom is 0.308 e. The first kappa shape index (κ1) is 30.5. The second-order valence-corrected chi connectivity index (χ2v) is 9.53. The summed E-state index contributed by atoms with van der Waals surface area (Å²) in [6, 6.07) is 4.89. The number of carbonyl (C=O) groups excluding carboxylic acids is 1. The molecule has 2 aliphatic rings. The quantitative estimate of drug-likeness (QED) is 0.166. The van der Waals surface area contributed by atoms with E-state index in [2.05, 4.69) is 0 Å². The molecular formula is C25H38O13. The predicted octanol–water partition coefficient (Wildman–Crippen LogP) is -1.53. The van der Waals surface area contributed by atoms with Crippen molar-refractivity contribution in [3.8, 4) is 11.5 Å². The van der Waals surface area contributed by atoms with Crippen LogP contribution in [0, 0.1) is 5.92 Å². The second kappa shape index (κ2) is 13.3. The number of methoxy groups -OCH3 is 1. The molecule has 1 aromatic rings. The zero-order chi connectivity index (χ0) is 28.0. The molecule has 2 fully saturated rings. The Hall–Kier alpha value is -2.07. The van der Waals surface area contributed by atoms with E-state index >= 15 is 0 Å². The lowest BCUT2D eigenvalue weighted by molar-refractivity contribution is -0.319. The molecule has 2 aliphatic heterocycles. The van der Waals surface area contributed by atoms with Crippen LogP contribution in [0.15, 0.2) is 18.2 Å². The van der Waals surface area contributed by atoms with Gasteiger partial charge in [-0.25, -0.2) is 0 Å². The largest absolute Gasteiger partial charge is 0.493 e. The van der Waals surface area contributed by atoms with Gasteiger partial charge in [0.2, 0.25) is 6.29 Å². The third-order valence-corrected chi connectivity index (χ3v) is 6.77. The van der Waals surface area contributed by atoms with Gasteiger partial charge in [-0.1, -0.05) is 19.9 Å². The van der Waals surface area contributed by atoms with Gasteiger partial charge in [-0.15, -0.1) is 0 Å². The highest BCUT2D eigenvalue weighted by molar-refractivity contribution is 5.71. The number of hydrogen-bond acceptors (Lipinski definition) is 13. The van der Waals surface area contributed by atoms with Crippen molar-refractivity contribution >= 4 is 5.97 Å². The minimum atomic E-state index is -1.98. The van der Waals surface area contributed by atoms with Crippen LogP contribution in [-0.4, -0.2) is 119 Å². The Balaban J connectivity index is 1.77. The van der Waals surface area contributed by atoms with Crippen LogP contribution in [0.4, 0.5) is 0 Å². The van der Waals surface area contributed by atoms with Crippen LogP contribution in [0.3, 0.4) is 0 Å². The fraction of sp³-hybridized carbons (Fsp3) is 0.720. The third-order valence-electron chi connectivity index (χ3n) is 6.77. The van der Waals surface area contributed by atoms with E-state index < -0.39 is 80.4 Å². The topological polar surface area (TPSA) is 194 Å². The Morgan fingerprint density at radius 1 is 1.16 bits per heavy atom. The Labute approximate surface area is 220 Å². The van der Waals surface area contributed by atoms with E-state index in [0.717, 1.165) is 5.56 Å². The number of aliphatic hydroxyl groups excluding tert-OH is 5. The molecule has 13 heteroatoms. The van der Waals surface area contributed by atoms with Crippen LogP contribution < -0.4 is 9.47 Å². The fourth-order valence-electron chi connectivity index (χ4n) is 4.07. The van der Waals surface area contributed by atoms with E-state index in [1.807, 2.05) is 6.92 Å². The molecule has 0 amide bonds. The zero-order valence-electron chi connectivity index (χ0n) is 21.6. The van der Waals surface area contributed by atoms with E-state index in [9.17, 15) is 35.4 Å². The molecule has 0 spiro atoms. The minimum absolute atomic E-state index is 0.0693. The molecule has 9 atom stereocenters. The van der Waals surface area contributed by atoms with E-state index in [4.69, 9.17) is 28.4 Å². The molecule has 0 saturated carbocycles. The first-order valence-corrected chi connectivity index (χ1v) is 12.5. The Morgan fingerprint density at radius 2 is 1.89 bits per heavy atom. The zero-order valence-corrected chi connectivity index (χ0v) is 21.6. The molecule has 2 saturated heterocycles. The molecule has 0 aromatic heterocycles. The van der Waals surface area contributed by atoms with Crippen LogP contribution in [0.5, 0.6) is 11.5 Å². The molecule has 1 aromatic carbocycles. The molecule has 2 heterocycles. The lowest BCUT2D eigenvalue weighted by Gasteiger charge is -2.42. The summed E-state index contributed by atoms with van der Waals surface area (Å²) < 4.78 is 33.2. The van der Waals surface area contributed by atoms with Crippen LogP contribution in [-0.2, 0) is 30.2 Å². The Kier molecular flexibility index (Phi) is 10.7. The summed E-state index contributed by atoms with van der Waals surface area (Å²) in [4.78, 5) is 12.0. The summed E-state index contributed by atoms with van der Waals surface area (Å²) in [6.07, 6.45) is -9.62. The van der Waals surface area contributed by atoms with Crippen molar-refractivity contribution in [1.82, 2.24) is 0 Å². The summed E-state index contributed by atoms with van der Waals surface area (Å²) in [7, 11) is 1.41. The molecule has 6 N–H and O–H groups in total. The van der Waals surface area contributed by atoms with E-state index in [1.54, 1.807) is 25.1 Å². The van der Waals surface area contributed by atoms with Crippen molar-refractivity contribution in [1.29, 1.82) is 0 Å². The highest BCUT2D eigenvalue weighted by Crippen LogP contribution is 2.35. The molecule has 0 bridgehead atoms. The summed E-state index contributed by atoms with van der Waals surface area (Å²) in [5.74, 6) is -0.476. The van der Waals surface area contributed by atoms with Gasteiger partial charge < -0.3 is 59.1 Å². The van der Waals surface area contributed by atoms with Crippen molar-refractivity contribution in [3.05, 3.63) is 23.8 Å². The standard InChI is InChI=1S/C25H38O13/c1-4-13(2)22(31)34-11-25(32)12-35-24(21(25)30)38-20-19(29)18(28)17(10-27)37-23(20)36-15-6-5-14(7-8-26)9-16(15)33-3/h5-6,9,13,17-21,23-24,26-30,32H,4,7-8,10-12H2,1-3H3/t13-,17-,18-,19-,20-,21+,23+,24-,25+/m0/s1. The van der Waals surface area contributed by atoms with Gasteiger partial charge >= 0.3 is 5.97 Å². The molecular weight excluding hydrogens is 508 g/mol. The number of hydrogen-bond donors (Lipinski definition) is 6. The van der Waals surface area contributed by atoms with Gasteiger partial charge in [0.1, 0.15) is 31.0 Å². The monoisotopic (exact) mass is 546 g/mol. The number of benzene rings is 1. The van der Waals surface area contributed by atoms with Crippen LogP contribution in [0.2, 0.25) is 0 Å². The van der Waals surface area contributed by atoms with Crippen molar-refractivity contribution in [2.75, 3.05) is 33.5 Å². The molecule has 38 heavy (non-hydrogen) atoms. The Morgan fingerprint density at radius 3 is 2.53 bits per heavy atom. The first-order chi connectivity index (χ1) is 18.1. The highest BCUT2D eigenvalue weighted by atomic mass is 16.8. The molecule has 3 rings (SSSR count). The first-order valence-electron chi connectivity index (χ1n) is 12.5. The van der Waals surface area contributed by atoms with Gasteiger partial charge in [-0.3, -0.25) is 4.79 Å². The summed E-state index contributed by atoms with van der Waals surface area (Å²) in [5, 5.41) is 61.6. The summed E-state index contributed by atoms with van der Waals surface area (Å²) in [5.41, 5.74) is -1.21. The van der Waals surface area contributed by atoms with Gasteiger partial charge in [-0.05, 0) is 30.5 Å². The Bertz CT molecular complexity index is 913. The number of aliphatic hydroxyl groups is 6. The molecule has 0 radical (unpaired) electrons. The van der Waals surface area contributed by atoms with Crippen LogP contribution >= 0.6 is 0 Å². The maximum absolute atomic E-state index is 12.0. The summed E-state index contributed by atoms with van der Waals surface area (Å²) in [6.45, 7) is 1.78. The van der Waals surface area contributed by atoms with Crippen LogP contribution in [0.25, 0.3) is 0 Å². The molecule has 0 unspecified atom stereocenters. The highest BCUT2D eigenvalue weighted by Gasteiger charge is 2.54. The average Bonchev–Trinajstić information content (AvgIpc) is 3.20. The minimum Gasteiger partial charge on any atom is -0.493 e. The van der Waals surface area contributed by atoms with Gasteiger partial charge in [-0.2, -0.15) is 0 Å². The van der Waals surface area contributed by atoms with Crippen molar-refractivity contribution in [2.24, 2.45) is 5.92 Å². The van der Waals surface area contributed by atoms with Gasteiger partial charge in [0.15, 0.2) is 29.5 Å². The van der Waals surface area contributed by atoms with Crippen molar-refractivity contribution in [2.45, 2.75) is 75.4 Å². The maximum atomic E-state index is 12.0. The van der Waals surface area contributed by atoms with E-state index in [-0.39, 0.29) is 18.1 Å². The smallest absolute Gasteiger partial charge is 0.308 e. The summed E-state index contributed by atoms with van der Waals surface area (Å²) >= 11 is 0. The average molecular weight is 547 g/mol. The van der Waals surface area contributed by atoms with Gasteiger partial charge in [0, 0.05) is 6.61 Å².